The molecule has 0 unspecified atom stereocenters. The van der Waals surface area contributed by atoms with Gasteiger partial charge in [-0.1, -0.05) is 30.3 Å². The molecule has 6 N–H and O–H groups in total. The molecule has 3 aromatic rings. The number of rotatable bonds is 6. The second-order valence-corrected chi connectivity index (χ2v) is 7.21. The molecule has 0 fully saturated rings. The van der Waals surface area contributed by atoms with E-state index in [1.165, 1.54) is 12.1 Å². The zero-order chi connectivity index (χ0) is 24.2. The molecule has 6 nitrogen and oxygen atoms in total. The van der Waals surface area contributed by atoms with Crippen LogP contribution in [0.3, 0.4) is 0 Å². The molecule has 0 aliphatic rings. The number of benzene rings is 1. The van der Waals surface area contributed by atoms with Gasteiger partial charge in [-0.2, -0.15) is 13.2 Å². The third-order valence-corrected chi connectivity index (χ3v) is 4.50. The lowest BCUT2D eigenvalue weighted by Crippen LogP contribution is -2.20. The molecule has 0 aliphatic carbocycles. The van der Waals surface area contributed by atoms with Crippen LogP contribution in [0.5, 0.6) is 0 Å². The van der Waals surface area contributed by atoms with Gasteiger partial charge >= 0.3 is 6.18 Å². The van der Waals surface area contributed by atoms with Gasteiger partial charge in [0.2, 0.25) is 0 Å². The molecule has 2 aromatic heterocycles. The van der Waals surface area contributed by atoms with E-state index in [1.54, 1.807) is 49.4 Å². The first-order valence-corrected chi connectivity index (χ1v) is 9.75. The second kappa shape index (κ2) is 9.47. The van der Waals surface area contributed by atoms with Crippen LogP contribution in [0.1, 0.15) is 18.3 Å². The number of hydrogen-bond donors (Lipinski definition) is 4. The van der Waals surface area contributed by atoms with Crippen molar-refractivity contribution in [3.63, 3.8) is 0 Å². The predicted octanol–water partition coefficient (Wildman–Crippen LogP) is 4.81. The van der Waals surface area contributed by atoms with Crippen molar-refractivity contribution < 1.29 is 13.2 Å². The van der Waals surface area contributed by atoms with E-state index in [4.69, 9.17) is 22.3 Å². The number of nitrogens with two attached hydrogens (primary N) is 2. The number of nitrogens with one attached hydrogen (secondary N) is 2. The van der Waals surface area contributed by atoms with Crippen LogP contribution >= 0.6 is 0 Å². The fourth-order valence-corrected chi connectivity index (χ4v) is 2.94. The molecule has 0 radical (unpaired) electrons. The Hall–Kier alpha value is -4.27. The highest BCUT2D eigenvalue weighted by atomic mass is 19.4. The van der Waals surface area contributed by atoms with Crippen LogP contribution in [0, 0.1) is 10.8 Å². The lowest BCUT2D eigenvalue weighted by atomic mass is 10.0. The summed E-state index contributed by atoms with van der Waals surface area (Å²) in [5, 5.41) is 16.0. The standard InChI is InChI=1S/C24H21F3N6/c1-14(28)11-17(29)21-9-3-7-19(32-21)15-5-2-6-16(12-15)20-8-4-10-22(33-20)18(30)13-23(31)24(25,26)27/h2-13,29-30H,28,31H2,1H3. The first kappa shape index (κ1) is 23.4. The van der Waals surface area contributed by atoms with Crippen molar-refractivity contribution in [3.8, 4) is 22.5 Å². The number of allylic oxidation sites excluding steroid dienone is 4. The van der Waals surface area contributed by atoms with Crippen molar-refractivity contribution in [2.24, 2.45) is 11.5 Å². The first-order valence-electron chi connectivity index (χ1n) is 9.75. The molecule has 9 heteroatoms. The topological polar surface area (TPSA) is 126 Å². The molecule has 33 heavy (non-hydrogen) atoms. The van der Waals surface area contributed by atoms with Gasteiger partial charge in [0.1, 0.15) is 5.70 Å². The lowest BCUT2D eigenvalue weighted by Gasteiger charge is -2.09. The number of hydrogen-bond acceptors (Lipinski definition) is 6. The van der Waals surface area contributed by atoms with E-state index in [-0.39, 0.29) is 11.4 Å². The predicted molar refractivity (Wildman–Crippen MR) is 123 cm³/mol. The minimum atomic E-state index is -4.71. The molecule has 0 aliphatic heterocycles. The first-order chi connectivity index (χ1) is 15.5. The van der Waals surface area contributed by atoms with Crippen molar-refractivity contribution in [3.05, 3.63) is 95.6 Å². The van der Waals surface area contributed by atoms with Gasteiger partial charge in [-0.3, -0.25) is 10.8 Å². The van der Waals surface area contributed by atoms with Crippen molar-refractivity contribution in [2.75, 3.05) is 0 Å². The molecule has 168 valence electrons. The maximum absolute atomic E-state index is 12.7. The third-order valence-electron chi connectivity index (χ3n) is 4.50. The number of alkyl halides is 3. The molecule has 0 spiro atoms. The van der Waals surface area contributed by atoms with Gasteiger partial charge in [0.05, 0.1) is 34.2 Å². The van der Waals surface area contributed by atoms with Crippen LogP contribution < -0.4 is 11.5 Å². The molecule has 0 atom stereocenters. The van der Waals surface area contributed by atoms with Crippen LogP contribution in [-0.2, 0) is 0 Å². The summed E-state index contributed by atoms with van der Waals surface area (Å²) in [4.78, 5) is 8.85. The molecule has 0 amide bonds. The summed E-state index contributed by atoms with van der Waals surface area (Å²) in [5.41, 5.74) is 12.6. The minimum absolute atomic E-state index is 0.0580. The maximum Gasteiger partial charge on any atom is 0.430 e. The molecular weight excluding hydrogens is 429 g/mol. The van der Waals surface area contributed by atoms with Gasteiger partial charge in [-0.15, -0.1) is 0 Å². The molecule has 0 bridgehead atoms. The summed E-state index contributed by atoms with van der Waals surface area (Å²) in [6.45, 7) is 1.69. The van der Waals surface area contributed by atoms with E-state index in [2.05, 4.69) is 9.97 Å². The molecular formula is C24H21F3N6. The van der Waals surface area contributed by atoms with Crippen LogP contribution in [0.25, 0.3) is 22.5 Å². The smallest absolute Gasteiger partial charge is 0.402 e. The zero-order valence-electron chi connectivity index (χ0n) is 17.6. The Balaban J connectivity index is 1.94. The van der Waals surface area contributed by atoms with E-state index in [0.29, 0.717) is 34.4 Å². The lowest BCUT2D eigenvalue weighted by molar-refractivity contribution is -0.0925. The Bertz CT molecular complexity index is 1270. The molecule has 2 heterocycles. The van der Waals surface area contributed by atoms with Crippen LogP contribution in [-0.4, -0.2) is 27.6 Å². The number of halogens is 3. The molecule has 3 rings (SSSR count). The number of aromatic nitrogens is 2. The summed E-state index contributed by atoms with van der Waals surface area (Å²) in [6.07, 6.45) is -2.65. The highest BCUT2D eigenvalue weighted by Crippen LogP contribution is 2.25. The fraction of sp³-hybridized carbons (Fsp3) is 0.0833. The van der Waals surface area contributed by atoms with Gasteiger partial charge in [0.25, 0.3) is 0 Å². The average molecular weight is 450 g/mol. The summed E-state index contributed by atoms with van der Waals surface area (Å²) in [5.74, 6) is 0. The van der Waals surface area contributed by atoms with E-state index < -0.39 is 17.6 Å². The minimum Gasteiger partial charge on any atom is -0.402 e. The van der Waals surface area contributed by atoms with Gasteiger partial charge < -0.3 is 11.5 Å². The Kier molecular flexibility index (Phi) is 6.72. The SMILES string of the molecule is CC(N)=CC(=N)c1cccc(-c2cccc(-c3cccc(C(=N)C=C(N)C(F)(F)F)n3)c2)n1. The number of pyridine rings is 2. The second-order valence-electron chi connectivity index (χ2n) is 7.21. The average Bonchev–Trinajstić information content (AvgIpc) is 2.78. The normalized spacial score (nSPS) is 12.5. The monoisotopic (exact) mass is 450 g/mol. The molecule has 0 saturated carbocycles. The van der Waals surface area contributed by atoms with Crippen LogP contribution in [0.4, 0.5) is 13.2 Å². The Morgan fingerprint density at radius 1 is 0.788 bits per heavy atom. The highest BCUT2D eigenvalue weighted by Gasteiger charge is 2.31. The van der Waals surface area contributed by atoms with E-state index in [9.17, 15) is 13.2 Å². The third kappa shape index (κ3) is 5.91. The van der Waals surface area contributed by atoms with Gasteiger partial charge in [0, 0.05) is 16.8 Å². The number of nitrogens with zero attached hydrogens (tertiary/aromatic N) is 2. The molecule has 0 saturated heterocycles. The van der Waals surface area contributed by atoms with Crippen molar-refractivity contribution in [2.45, 2.75) is 13.1 Å². The summed E-state index contributed by atoms with van der Waals surface area (Å²) in [7, 11) is 0. The van der Waals surface area contributed by atoms with Gasteiger partial charge in [0.15, 0.2) is 0 Å². The van der Waals surface area contributed by atoms with Gasteiger partial charge in [-0.25, -0.2) is 9.97 Å². The quantitative estimate of drug-likeness (QED) is 0.402. The summed E-state index contributed by atoms with van der Waals surface area (Å²) < 4.78 is 38.0. The molecule has 1 aromatic carbocycles. The largest absolute Gasteiger partial charge is 0.430 e. The van der Waals surface area contributed by atoms with Crippen LogP contribution in [0.2, 0.25) is 0 Å². The van der Waals surface area contributed by atoms with Crippen molar-refractivity contribution in [1.29, 1.82) is 10.8 Å². The van der Waals surface area contributed by atoms with Crippen LogP contribution in [0.15, 0.2) is 84.2 Å². The zero-order valence-corrected chi connectivity index (χ0v) is 17.6. The summed E-state index contributed by atoms with van der Waals surface area (Å²) in [6, 6.07) is 17.3. The Morgan fingerprint density at radius 3 is 1.70 bits per heavy atom. The Morgan fingerprint density at radius 2 is 1.24 bits per heavy atom. The highest BCUT2D eigenvalue weighted by molar-refractivity contribution is 6.06. The van der Waals surface area contributed by atoms with Crippen molar-refractivity contribution in [1.82, 2.24) is 9.97 Å². The summed E-state index contributed by atoms with van der Waals surface area (Å²) >= 11 is 0. The fourth-order valence-electron chi connectivity index (χ4n) is 2.94. The van der Waals surface area contributed by atoms with Gasteiger partial charge in [-0.05, 0) is 49.4 Å². The van der Waals surface area contributed by atoms with Crippen molar-refractivity contribution >= 4 is 11.4 Å². The Labute approximate surface area is 188 Å². The van der Waals surface area contributed by atoms with E-state index in [0.717, 1.165) is 5.56 Å². The maximum atomic E-state index is 12.7. The van der Waals surface area contributed by atoms with E-state index in [1.807, 2.05) is 12.1 Å². The van der Waals surface area contributed by atoms with E-state index >= 15 is 0 Å².